The molecule has 0 aliphatic heterocycles. The van der Waals surface area contributed by atoms with Crippen molar-refractivity contribution in [1.29, 1.82) is 0 Å². The first kappa shape index (κ1) is 14.4. The third-order valence-corrected chi connectivity index (χ3v) is 2.58. The molecule has 1 rings (SSSR count). The van der Waals surface area contributed by atoms with E-state index in [1.54, 1.807) is 6.92 Å². The standard InChI is InChI=1S/C12H13ClFNO3/c1-7(2-5-11(16)17)15-12(18)9-4-3-8(13)6-10(9)14/h3-4,6-7H,2,5H2,1H3,(H,15,18)(H,16,17). The number of nitrogens with one attached hydrogen (secondary N) is 1. The van der Waals surface area contributed by atoms with E-state index in [1.807, 2.05) is 0 Å². The van der Waals surface area contributed by atoms with Crippen LogP contribution in [-0.2, 0) is 4.79 Å². The van der Waals surface area contributed by atoms with Crippen LogP contribution in [0, 0.1) is 5.82 Å². The monoisotopic (exact) mass is 273 g/mol. The Labute approximate surface area is 109 Å². The lowest BCUT2D eigenvalue weighted by molar-refractivity contribution is -0.137. The van der Waals surface area contributed by atoms with Crippen molar-refractivity contribution in [3.05, 3.63) is 34.6 Å². The second-order valence-electron chi connectivity index (χ2n) is 3.93. The Kier molecular flexibility index (Phi) is 5.09. The van der Waals surface area contributed by atoms with Crippen LogP contribution in [0.15, 0.2) is 18.2 Å². The number of aliphatic carboxylic acids is 1. The molecule has 0 fully saturated rings. The lowest BCUT2D eigenvalue weighted by Gasteiger charge is -2.13. The minimum absolute atomic E-state index is 0.0510. The molecule has 0 aliphatic rings. The van der Waals surface area contributed by atoms with Gasteiger partial charge in [-0.15, -0.1) is 0 Å². The zero-order chi connectivity index (χ0) is 13.7. The van der Waals surface area contributed by atoms with E-state index in [-0.39, 0.29) is 29.5 Å². The molecule has 0 saturated heterocycles. The van der Waals surface area contributed by atoms with Gasteiger partial charge in [-0.25, -0.2) is 4.39 Å². The van der Waals surface area contributed by atoms with Gasteiger partial charge < -0.3 is 10.4 Å². The Morgan fingerprint density at radius 3 is 2.72 bits per heavy atom. The van der Waals surface area contributed by atoms with Gasteiger partial charge in [0.2, 0.25) is 0 Å². The van der Waals surface area contributed by atoms with Crippen molar-refractivity contribution in [3.63, 3.8) is 0 Å². The average Bonchev–Trinajstić information content (AvgIpc) is 2.26. The van der Waals surface area contributed by atoms with E-state index >= 15 is 0 Å². The lowest BCUT2D eigenvalue weighted by atomic mass is 10.1. The maximum absolute atomic E-state index is 13.4. The predicted molar refractivity (Wildman–Crippen MR) is 65.2 cm³/mol. The first-order chi connectivity index (χ1) is 8.40. The van der Waals surface area contributed by atoms with Crippen LogP contribution < -0.4 is 5.32 Å². The first-order valence-electron chi connectivity index (χ1n) is 5.38. The Bertz CT molecular complexity index is 465. The summed E-state index contributed by atoms with van der Waals surface area (Å²) in [7, 11) is 0. The summed E-state index contributed by atoms with van der Waals surface area (Å²) in [6.07, 6.45) is 0.237. The van der Waals surface area contributed by atoms with Gasteiger partial charge in [0.05, 0.1) is 5.56 Å². The van der Waals surface area contributed by atoms with Gasteiger partial charge in [0, 0.05) is 17.5 Å². The fraction of sp³-hybridized carbons (Fsp3) is 0.333. The molecule has 0 bridgehead atoms. The Balaban J connectivity index is 2.62. The Morgan fingerprint density at radius 2 is 2.17 bits per heavy atom. The second-order valence-corrected chi connectivity index (χ2v) is 4.37. The van der Waals surface area contributed by atoms with Crippen molar-refractivity contribution in [2.24, 2.45) is 0 Å². The minimum atomic E-state index is -0.936. The number of rotatable bonds is 5. The van der Waals surface area contributed by atoms with Gasteiger partial charge in [0.15, 0.2) is 0 Å². The van der Waals surface area contributed by atoms with Crippen LogP contribution in [0.2, 0.25) is 5.02 Å². The predicted octanol–water partition coefficient (Wildman–Crippen LogP) is 2.46. The Morgan fingerprint density at radius 1 is 1.50 bits per heavy atom. The lowest BCUT2D eigenvalue weighted by Crippen LogP contribution is -2.33. The van der Waals surface area contributed by atoms with Crippen molar-refractivity contribution in [2.45, 2.75) is 25.8 Å². The maximum atomic E-state index is 13.4. The maximum Gasteiger partial charge on any atom is 0.303 e. The van der Waals surface area contributed by atoms with Crippen molar-refractivity contribution in [3.8, 4) is 0 Å². The molecule has 18 heavy (non-hydrogen) atoms. The SMILES string of the molecule is CC(CCC(=O)O)NC(=O)c1ccc(Cl)cc1F. The minimum Gasteiger partial charge on any atom is -0.481 e. The summed E-state index contributed by atoms with van der Waals surface area (Å²) in [5.41, 5.74) is -0.110. The molecule has 2 N–H and O–H groups in total. The number of carboxylic acids is 1. The second kappa shape index (κ2) is 6.35. The quantitative estimate of drug-likeness (QED) is 0.866. The Hall–Kier alpha value is -1.62. The number of amides is 1. The normalized spacial score (nSPS) is 11.9. The van der Waals surface area contributed by atoms with Gasteiger partial charge in [-0.05, 0) is 31.5 Å². The fourth-order valence-corrected chi connectivity index (χ4v) is 1.55. The van der Waals surface area contributed by atoms with Crippen molar-refractivity contribution in [2.75, 3.05) is 0 Å². The van der Waals surface area contributed by atoms with Crippen LogP contribution in [0.4, 0.5) is 4.39 Å². The smallest absolute Gasteiger partial charge is 0.303 e. The van der Waals surface area contributed by atoms with Gasteiger partial charge in [-0.2, -0.15) is 0 Å². The molecule has 1 amide bonds. The van der Waals surface area contributed by atoms with Crippen molar-refractivity contribution >= 4 is 23.5 Å². The van der Waals surface area contributed by atoms with Gasteiger partial charge in [0.25, 0.3) is 5.91 Å². The van der Waals surface area contributed by atoms with Crippen molar-refractivity contribution < 1.29 is 19.1 Å². The van der Waals surface area contributed by atoms with E-state index in [1.165, 1.54) is 12.1 Å². The summed E-state index contributed by atoms with van der Waals surface area (Å²) in [6, 6.07) is 3.42. The van der Waals surface area contributed by atoms with Crippen LogP contribution >= 0.6 is 11.6 Å². The van der Waals surface area contributed by atoms with Crippen LogP contribution in [0.25, 0.3) is 0 Å². The number of carbonyl (C=O) groups excluding carboxylic acids is 1. The first-order valence-corrected chi connectivity index (χ1v) is 5.75. The summed E-state index contributed by atoms with van der Waals surface area (Å²) in [6.45, 7) is 1.66. The third-order valence-electron chi connectivity index (χ3n) is 2.34. The number of carbonyl (C=O) groups is 2. The summed E-state index contributed by atoms with van der Waals surface area (Å²) in [4.78, 5) is 22.1. The molecular weight excluding hydrogens is 261 g/mol. The number of hydrogen-bond donors (Lipinski definition) is 2. The highest BCUT2D eigenvalue weighted by molar-refractivity contribution is 6.30. The van der Waals surface area contributed by atoms with Gasteiger partial charge in [0.1, 0.15) is 5.82 Å². The molecule has 0 radical (unpaired) electrons. The molecular formula is C12H13ClFNO3. The van der Waals surface area contributed by atoms with Crippen LogP contribution in [0.3, 0.4) is 0 Å². The molecule has 0 saturated carbocycles. The average molecular weight is 274 g/mol. The molecule has 98 valence electrons. The van der Waals surface area contributed by atoms with Gasteiger partial charge >= 0.3 is 5.97 Å². The molecule has 1 aromatic rings. The van der Waals surface area contributed by atoms with E-state index in [0.717, 1.165) is 6.07 Å². The van der Waals surface area contributed by atoms with Crippen LogP contribution in [0.1, 0.15) is 30.1 Å². The van der Waals surface area contributed by atoms with E-state index in [0.29, 0.717) is 0 Å². The van der Waals surface area contributed by atoms with E-state index in [2.05, 4.69) is 5.32 Å². The molecule has 0 aliphatic carbocycles. The van der Waals surface area contributed by atoms with E-state index < -0.39 is 17.7 Å². The molecule has 1 aromatic carbocycles. The largest absolute Gasteiger partial charge is 0.481 e. The summed E-state index contributed by atoms with van der Waals surface area (Å²) in [5, 5.41) is 11.2. The van der Waals surface area contributed by atoms with Crippen molar-refractivity contribution in [1.82, 2.24) is 5.32 Å². The van der Waals surface area contributed by atoms with E-state index in [4.69, 9.17) is 16.7 Å². The molecule has 0 aromatic heterocycles. The summed E-state index contributed by atoms with van der Waals surface area (Å²) >= 11 is 5.57. The molecule has 0 spiro atoms. The molecule has 6 heteroatoms. The van der Waals surface area contributed by atoms with Gasteiger partial charge in [-0.1, -0.05) is 11.6 Å². The third kappa shape index (κ3) is 4.33. The summed E-state index contributed by atoms with van der Waals surface area (Å²) < 4.78 is 13.4. The van der Waals surface area contributed by atoms with E-state index in [9.17, 15) is 14.0 Å². The molecule has 1 unspecified atom stereocenters. The van der Waals surface area contributed by atoms with Crippen LogP contribution in [-0.4, -0.2) is 23.0 Å². The number of benzene rings is 1. The molecule has 4 nitrogen and oxygen atoms in total. The summed E-state index contributed by atoms with van der Waals surface area (Å²) in [5.74, 6) is -2.22. The highest BCUT2D eigenvalue weighted by Gasteiger charge is 2.14. The topological polar surface area (TPSA) is 66.4 Å². The molecule has 0 heterocycles. The molecule has 1 atom stereocenters. The number of carboxylic acid groups (broad SMARTS) is 1. The fourth-order valence-electron chi connectivity index (χ4n) is 1.39. The van der Waals surface area contributed by atoms with Crippen LogP contribution in [0.5, 0.6) is 0 Å². The van der Waals surface area contributed by atoms with Gasteiger partial charge in [-0.3, -0.25) is 9.59 Å². The number of halogens is 2. The zero-order valence-corrected chi connectivity index (χ0v) is 10.5. The highest BCUT2D eigenvalue weighted by atomic mass is 35.5. The highest BCUT2D eigenvalue weighted by Crippen LogP contribution is 2.14. The zero-order valence-electron chi connectivity index (χ0n) is 9.74. The number of hydrogen-bond acceptors (Lipinski definition) is 2.